The van der Waals surface area contributed by atoms with Gasteiger partial charge in [0.1, 0.15) is 5.60 Å². The highest BCUT2D eigenvalue weighted by molar-refractivity contribution is 9.10. The van der Waals surface area contributed by atoms with Gasteiger partial charge in [0.2, 0.25) is 0 Å². The quantitative estimate of drug-likeness (QED) is 0.884. The molecule has 1 aromatic heterocycles. The Labute approximate surface area is 90.4 Å². The largest absolute Gasteiger partial charge is 0.475 e. The first-order valence-corrected chi connectivity index (χ1v) is 5.86. The molecule has 13 heavy (non-hydrogen) atoms. The maximum atomic E-state index is 5.87. The number of rotatable bonds is 2. The molecule has 1 aliphatic rings. The minimum absolute atomic E-state index is 0.0106. The molecule has 1 fully saturated rings. The normalized spacial score (nSPS) is 19.6. The molecule has 1 N–H and O–H groups in total. The van der Waals surface area contributed by atoms with Gasteiger partial charge >= 0.3 is 0 Å². The summed E-state index contributed by atoms with van der Waals surface area (Å²) in [6.45, 7) is 6.11. The predicted molar refractivity (Wildman–Crippen MR) is 58.7 cm³/mol. The van der Waals surface area contributed by atoms with Gasteiger partial charge in [-0.05, 0) is 29.8 Å². The van der Waals surface area contributed by atoms with Crippen molar-refractivity contribution in [2.75, 3.05) is 13.1 Å². The first-order chi connectivity index (χ1) is 6.09. The van der Waals surface area contributed by atoms with Crippen molar-refractivity contribution in [3.63, 3.8) is 0 Å². The summed E-state index contributed by atoms with van der Waals surface area (Å²) in [5.74, 6) is 0. The van der Waals surface area contributed by atoms with Crippen LogP contribution in [0.25, 0.3) is 0 Å². The van der Waals surface area contributed by atoms with Crippen LogP contribution >= 0.6 is 27.3 Å². The van der Waals surface area contributed by atoms with Crippen molar-refractivity contribution in [1.82, 2.24) is 5.32 Å². The fourth-order valence-corrected chi connectivity index (χ4v) is 2.76. The lowest BCUT2D eigenvalue weighted by Crippen LogP contribution is -2.60. The number of halogens is 1. The second-order valence-electron chi connectivity index (χ2n) is 3.63. The van der Waals surface area contributed by atoms with Gasteiger partial charge in [0.25, 0.3) is 0 Å². The van der Waals surface area contributed by atoms with Crippen molar-refractivity contribution < 1.29 is 4.74 Å². The summed E-state index contributed by atoms with van der Waals surface area (Å²) in [7, 11) is 0. The van der Waals surface area contributed by atoms with Crippen LogP contribution in [0.2, 0.25) is 0 Å². The summed E-state index contributed by atoms with van der Waals surface area (Å²) in [6.07, 6.45) is 0. The number of ether oxygens (including phenoxy) is 1. The molecular formula is C9H12BrNOS. The Morgan fingerprint density at radius 1 is 1.62 bits per heavy atom. The molecular weight excluding hydrogens is 250 g/mol. The van der Waals surface area contributed by atoms with E-state index in [0.717, 1.165) is 22.6 Å². The molecule has 0 spiro atoms. The molecule has 2 nitrogen and oxygen atoms in total. The summed E-state index contributed by atoms with van der Waals surface area (Å²) < 4.78 is 7.01. The van der Waals surface area contributed by atoms with Gasteiger partial charge in [0.15, 0.2) is 5.06 Å². The van der Waals surface area contributed by atoms with Crippen LogP contribution in [0.4, 0.5) is 0 Å². The van der Waals surface area contributed by atoms with E-state index in [-0.39, 0.29) is 5.60 Å². The lowest BCUT2D eigenvalue weighted by Gasteiger charge is -2.38. The third-order valence-corrected chi connectivity index (χ3v) is 4.19. The van der Waals surface area contributed by atoms with E-state index in [4.69, 9.17) is 4.74 Å². The third kappa shape index (κ3) is 1.90. The SMILES string of the molecule is Cc1sc(OC2(C)CNC2)cc1Br. The van der Waals surface area contributed by atoms with E-state index >= 15 is 0 Å². The van der Waals surface area contributed by atoms with Crippen LogP contribution < -0.4 is 10.1 Å². The highest BCUT2D eigenvalue weighted by Gasteiger charge is 2.34. The fraction of sp³-hybridized carbons (Fsp3) is 0.556. The molecule has 1 aromatic rings. The van der Waals surface area contributed by atoms with Crippen LogP contribution in [0.15, 0.2) is 10.5 Å². The van der Waals surface area contributed by atoms with Crippen molar-refractivity contribution in [3.05, 3.63) is 15.4 Å². The molecule has 2 heterocycles. The zero-order chi connectivity index (χ0) is 9.47. The maximum Gasteiger partial charge on any atom is 0.176 e. The molecule has 0 unspecified atom stereocenters. The molecule has 1 aliphatic heterocycles. The standard InChI is InChI=1S/C9H12BrNOS/c1-6-7(10)3-8(13-6)12-9(2)4-11-5-9/h3,11H,4-5H2,1-2H3. The Morgan fingerprint density at radius 2 is 2.31 bits per heavy atom. The van der Waals surface area contributed by atoms with Crippen molar-refractivity contribution in [2.24, 2.45) is 0 Å². The van der Waals surface area contributed by atoms with E-state index in [2.05, 4.69) is 35.1 Å². The number of aryl methyl sites for hydroxylation is 1. The summed E-state index contributed by atoms with van der Waals surface area (Å²) >= 11 is 5.17. The summed E-state index contributed by atoms with van der Waals surface area (Å²) in [4.78, 5) is 1.27. The zero-order valence-corrected chi connectivity index (χ0v) is 10.1. The second-order valence-corrected chi connectivity index (χ2v) is 5.70. The van der Waals surface area contributed by atoms with Crippen molar-refractivity contribution in [3.8, 4) is 5.06 Å². The van der Waals surface area contributed by atoms with E-state index in [0.29, 0.717) is 0 Å². The van der Waals surface area contributed by atoms with Gasteiger partial charge in [-0.3, -0.25) is 0 Å². The first kappa shape index (κ1) is 9.49. The van der Waals surface area contributed by atoms with Crippen LogP contribution in [0.3, 0.4) is 0 Å². The molecule has 2 rings (SSSR count). The van der Waals surface area contributed by atoms with Crippen molar-refractivity contribution >= 4 is 27.3 Å². The third-order valence-electron chi connectivity index (χ3n) is 2.18. The Hall–Kier alpha value is -0.0600. The molecule has 72 valence electrons. The number of hydrogen-bond donors (Lipinski definition) is 1. The molecule has 0 amide bonds. The first-order valence-electron chi connectivity index (χ1n) is 4.25. The van der Waals surface area contributed by atoms with Gasteiger partial charge in [-0.2, -0.15) is 0 Å². The Morgan fingerprint density at radius 3 is 2.69 bits per heavy atom. The van der Waals surface area contributed by atoms with Crippen LogP contribution in [0.5, 0.6) is 5.06 Å². The molecule has 0 saturated carbocycles. The van der Waals surface area contributed by atoms with E-state index in [1.165, 1.54) is 4.88 Å². The van der Waals surface area contributed by atoms with E-state index in [1.54, 1.807) is 11.3 Å². The van der Waals surface area contributed by atoms with Crippen LogP contribution in [0.1, 0.15) is 11.8 Å². The summed E-state index contributed by atoms with van der Waals surface area (Å²) in [6, 6.07) is 2.05. The highest BCUT2D eigenvalue weighted by Crippen LogP contribution is 2.35. The van der Waals surface area contributed by atoms with Gasteiger partial charge in [-0.25, -0.2) is 0 Å². The number of hydrogen-bond acceptors (Lipinski definition) is 3. The molecule has 0 radical (unpaired) electrons. The van der Waals surface area contributed by atoms with Crippen LogP contribution in [0, 0.1) is 6.92 Å². The topological polar surface area (TPSA) is 21.3 Å². The van der Waals surface area contributed by atoms with Crippen molar-refractivity contribution in [1.29, 1.82) is 0 Å². The molecule has 1 saturated heterocycles. The van der Waals surface area contributed by atoms with Crippen LogP contribution in [-0.4, -0.2) is 18.7 Å². The highest BCUT2D eigenvalue weighted by atomic mass is 79.9. The fourth-order valence-electron chi connectivity index (χ4n) is 1.28. The second kappa shape index (κ2) is 3.26. The molecule has 0 aliphatic carbocycles. The minimum Gasteiger partial charge on any atom is -0.475 e. The molecule has 0 atom stereocenters. The maximum absolute atomic E-state index is 5.87. The van der Waals surface area contributed by atoms with E-state index in [1.807, 2.05) is 6.07 Å². The van der Waals surface area contributed by atoms with E-state index < -0.39 is 0 Å². The average Bonchev–Trinajstić information content (AvgIpc) is 2.28. The Balaban J connectivity index is 2.09. The molecule has 4 heteroatoms. The smallest absolute Gasteiger partial charge is 0.176 e. The summed E-state index contributed by atoms with van der Waals surface area (Å²) in [5, 5.41) is 4.22. The number of nitrogens with one attached hydrogen (secondary N) is 1. The van der Waals surface area contributed by atoms with Crippen LogP contribution in [-0.2, 0) is 0 Å². The lowest BCUT2D eigenvalue weighted by atomic mass is 10.0. The Kier molecular flexibility index (Phi) is 2.38. The Bertz CT molecular complexity index is 300. The van der Waals surface area contributed by atoms with Gasteiger partial charge in [-0.1, -0.05) is 0 Å². The monoisotopic (exact) mass is 261 g/mol. The summed E-state index contributed by atoms with van der Waals surface area (Å²) in [5.41, 5.74) is 0.0106. The van der Waals surface area contributed by atoms with E-state index in [9.17, 15) is 0 Å². The lowest BCUT2D eigenvalue weighted by molar-refractivity contribution is 0.0386. The van der Waals surface area contributed by atoms with Gasteiger partial charge in [0.05, 0.1) is 0 Å². The molecule has 0 aromatic carbocycles. The minimum atomic E-state index is 0.0106. The van der Waals surface area contributed by atoms with Gasteiger partial charge in [0, 0.05) is 28.5 Å². The zero-order valence-electron chi connectivity index (χ0n) is 7.69. The molecule has 0 bridgehead atoms. The predicted octanol–water partition coefficient (Wildman–Crippen LogP) is 2.56. The van der Waals surface area contributed by atoms with Crippen molar-refractivity contribution in [2.45, 2.75) is 19.4 Å². The van der Waals surface area contributed by atoms with Gasteiger partial charge in [-0.15, -0.1) is 11.3 Å². The van der Waals surface area contributed by atoms with Gasteiger partial charge < -0.3 is 10.1 Å². The average molecular weight is 262 g/mol. The number of thiophene rings is 1.